The zero-order valence-corrected chi connectivity index (χ0v) is 14.9. The summed E-state index contributed by atoms with van der Waals surface area (Å²) in [6.45, 7) is 3.26. The van der Waals surface area contributed by atoms with Crippen LogP contribution in [0.25, 0.3) is 11.4 Å². The Hall–Kier alpha value is -2.67. The highest BCUT2D eigenvalue weighted by atomic mass is 16.5. The van der Waals surface area contributed by atoms with E-state index in [2.05, 4.69) is 24.6 Å². The number of hydrogen-bond acceptors (Lipinski definition) is 6. The molecule has 1 aromatic carbocycles. The van der Waals surface area contributed by atoms with Gasteiger partial charge in [0.1, 0.15) is 5.82 Å². The van der Waals surface area contributed by atoms with Gasteiger partial charge in [0.25, 0.3) is 0 Å². The Morgan fingerprint density at radius 1 is 1.27 bits per heavy atom. The van der Waals surface area contributed by atoms with Crippen molar-refractivity contribution >= 4 is 6.01 Å². The summed E-state index contributed by atoms with van der Waals surface area (Å²) in [7, 11) is 1.72. The average molecular weight is 353 g/mol. The first kappa shape index (κ1) is 16.8. The normalized spacial score (nSPS) is 17.6. The fourth-order valence-corrected chi connectivity index (χ4v) is 3.47. The van der Waals surface area contributed by atoms with E-state index < -0.39 is 0 Å². The van der Waals surface area contributed by atoms with Crippen LogP contribution in [0.4, 0.5) is 6.01 Å². The molecule has 0 aliphatic carbocycles. The van der Waals surface area contributed by atoms with Gasteiger partial charge >= 0.3 is 6.01 Å². The van der Waals surface area contributed by atoms with Gasteiger partial charge in [-0.1, -0.05) is 35.5 Å². The summed E-state index contributed by atoms with van der Waals surface area (Å²) in [5.41, 5.74) is 0.964. The minimum atomic E-state index is 0.350. The van der Waals surface area contributed by atoms with Crippen molar-refractivity contribution in [2.45, 2.75) is 25.3 Å². The molecule has 7 nitrogen and oxygen atoms in total. The molecule has 136 valence electrons. The Morgan fingerprint density at radius 3 is 3.00 bits per heavy atom. The fourth-order valence-electron chi connectivity index (χ4n) is 3.47. The Labute approximate surface area is 152 Å². The highest BCUT2D eigenvalue weighted by molar-refractivity contribution is 5.55. The number of rotatable bonds is 6. The Kier molecular flexibility index (Phi) is 4.97. The van der Waals surface area contributed by atoms with Crippen molar-refractivity contribution in [3.05, 3.63) is 48.5 Å². The minimum Gasteiger partial charge on any atom is -0.383 e. The molecular weight excluding hydrogens is 330 g/mol. The first-order valence-corrected chi connectivity index (χ1v) is 8.99. The van der Waals surface area contributed by atoms with Crippen molar-refractivity contribution < 1.29 is 9.26 Å². The van der Waals surface area contributed by atoms with E-state index in [1.165, 1.54) is 0 Å². The van der Waals surface area contributed by atoms with Gasteiger partial charge in [-0.05, 0) is 12.8 Å². The molecule has 4 rings (SSSR count). The van der Waals surface area contributed by atoms with E-state index in [4.69, 9.17) is 9.26 Å². The largest absolute Gasteiger partial charge is 0.383 e. The SMILES string of the molecule is COCCn1ccnc1[C@@H]1CCCN(c2nc(-c3ccccc3)no2)C1. The molecule has 26 heavy (non-hydrogen) atoms. The van der Waals surface area contributed by atoms with E-state index in [1.54, 1.807) is 7.11 Å². The Bertz CT molecular complexity index is 829. The Morgan fingerprint density at radius 2 is 2.15 bits per heavy atom. The molecule has 0 N–H and O–H groups in total. The molecule has 0 bridgehead atoms. The molecule has 0 amide bonds. The van der Waals surface area contributed by atoms with Crippen LogP contribution in [0.2, 0.25) is 0 Å². The van der Waals surface area contributed by atoms with Crippen molar-refractivity contribution in [3.63, 3.8) is 0 Å². The van der Waals surface area contributed by atoms with E-state index in [-0.39, 0.29) is 0 Å². The van der Waals surface area contributed by atoms with Crippen LogP contribution in [0.1, 0.15) is 24.6 Å². The van der Waals surface area contributed by atoms with Crippen LogP contribution in [0.5, 0.6) is 0 Å². The lowest BCUT2D eigenvalue weighted by atomic mass is 9.97. The van der Waals surface area contributed by atoms with Crippen LogP contribution in [0.3, 0.4) is 0 Å². The van der Waals surface area contributed by atoms with Crippen molar-refractivity contribution in [1.82, 2.24) is 19.7 Å². The minimum absolute atomic E-state index is 0.350. The van der Waals surface area contributed by atoms with Crippen molar-refractivity contribution in [2.24, 2.45) is 0 Å². The Balaban J connectivity index is 1.49. The predicted molar refractivity (Wildman–Crippen MR) is 98.0 cm³/mol. The smallest absolute Gasteiger partial charge is 0.324 e. The summed E-state index contributed by atoms with van der Waals surface area (Å²) in [6, 6.07) is 10.5. The number of aromatic nitrogens is 4. The molecule has 1 fully saturated rings. The second-order valence-corrected chi connectivity index (χ2v) is 6.52. The number of nitrogens with zero attached hydrogens (tertiary/aromatic N) is 5. The van der Waals surface area contributed by atoms with Crippen LogP contribution in [0, 0.1) is 0 Å². The van der Waals surface area contributed by atoms with Crippen LogP contribution in [0.15, 0.2) is 47.2 Å². The number of ether oxygens (including phenoxy) is 1. The summed E-state index contributed by atoms with van der Waals surface area (Å²) in [5, 5.41) is 4.14. The standard InChI is InChI=1S/C19H23N5O2/c1-25-13-12-23-11-9-20-18(23)16-8-5-10-24(14-16)19-21-17(22-26-19)15-6-3-2-4-7-15/h2-4,6-7,9,11,16H,5,8,10,12-14H2,1H3/t16-/m1/s1. The van der Waals surface area contributed by atoms with Crippen LogP contribution in [-0.2, 0) is 11.3 Å². The van der Waals surface area contributed by atoms with Gasteiger partial charge in [-0.2, -0.15) is 4.98 Å². The lowest BCUT2D eigenvalue weighted by Gasteiger charge is -2.31. The van der Waals surface area contributed by atoms with Gasteiger partial charge in [0, 0.05) is 50.6 Å². The number of methoxy groups -OCH3 is 1. The molecule has 1 aliphatic heterocycles. The molecular formula is C19H23N5O2. The van der Waals surface area contributed by atoms with Crippen LogP contribution >= 0.6 is 0 Å². The maximum Gasteiger partial charge on any atom is 0.324 e. The monoisotopic (exact) mass is 353 g/mol. The zero-order valence-electron chi connectivity index (χ0n) is 14.9. The first-order valence-electron chi connectivity index (χ1n) is 8.99. The van der Waals surface area contributed by atoms with Crippen molar-refractivity contribution in [3.8, 4) is 11.4 Å². The second-order valence-electron chi connectivity index (χ2n) is 6.52. The molecule has 1 aliphatic rings. The van der Waals surface area contributed by atoms with Crippen molar-refractivity contribution in [2.75, 3.05) is 31.7 Å². The number of piperidine rings is 1. The fraction of sp³-hybridized carbons (Fsp3) is 0.421. The van der Waals surface area contributed by atoms with Gasteiger partial charge in [-0.25, -0.2) is 4.98 Å². The predicted octanol–water partition coefficient (Wildman–Crippen LogP) is 2.96. The molecule has 0 radical (unpaired) electrons. The second kappa shape index (κ2) is 7.70. The van der Waals surface area contributed by atoms with Gasteiger partial charge < -0.3 is 18.7 Å². The van der Waals surface area contributed by atoms with E-state index >= 15 is 0 Å². The highest BCUT2D eigenvalue weighted by Crippen LogP contribution is 2.29. The number of anilines is 1. The molecule has 3 aromatic rings. The highest BCUT2D eigenvalue weighted by Gasteiger charge is 2.27. The molecule has 0 spiro atoms. The first-order chi connectivity index (χ1) is 12.8. The third kappa shape index (κ3) is 3.48. The molecule has 0 saturated carbocycles. The van der Waals surface area contributed by atoms with E-state index in [1.807, 2.05) is 42.7 Å². The maximum atomic E-state index is 5.54. The molecule has 0 unspecified atom stereocenters. The summed E-state index contributed by atoms with van der Waals surface area (Å²) in [4.78, 5) is 11.4. The van der Waals surface area contributed by atoms with E-state index in [9.17, 15) is 0 Å². The summed E-state index contributed by atoms with van der Waals surface area (Å²) in [5.74, 6) is 2.08. The lowest BCUT2D eigenvalue weighted by Crippen LogP contribution is -2.35. The maximum absolute atomic E-state index is 5.54. The van der Waals surface area contributed by atoms with Gasteiger partial charge in [-0.3, -0.25) is 0 Å². The van der Waals surface area contributed by atoms with Crippen molar-refractivity contribution in [1.29, 1.82) is 0 Å². The van der Waals surface area contributed by atoms with Crippen LogP contribution in [-0.4, -0.2) is 46.5 Å². The quantitative estimate of drug-likeness (QED) is 0.679. The summed E-state index contributed by atoms with van der Waals surface area (Å²) >= 11 is 0. The van der Waals surface area contributed by atoms with Gasteiger partial charge in [-0.15, -0.1) is 0 Å². The number of imidazole rings is 1. The molecule has 1 saturated heterocycles. The van der Waals surface area contributed by atoms with E-state index in [0.717, 1.165) is 43.9 Å². The molecule has 7 heteroatoms. The zero-order chi connectivity index (χ0) is 17.8. The number of hydrogen-bond donors (Lipinski definition) is 0. The van der Waals surface area contributed by atoms with Gasteiger partial charge in [0.2, 0.25) is 5.82 Å². The molecule has 3 heterocycles. The van der Waals surface area contributed by atoms with E-state index in [0.29, 0.717) is 24.4 Å². The third-order valence-electron chi connectivity index (χ3n) is 4.79. The third-order valence-corrected chi connectivity index (χ3v) is 4.79. The number of benzene rings is 1. The van der Waals surface area contributed by atoms with Gasteiger partial charge in [0.15, 0.2) is 0 Å². The molecule has 2 aromatic heterocycles. The summed E-state index contributed by atoms with van der Waals surface area (Å²) in [6.07, 6.45) is 6.07. The molecule has 1 atom stereocenters. The average Bonchev–Trinajstić information content (AvgIpc) is 3.37. The summed E-state index contributed by atoms with van der Waals surface area (Å²) < 4.78 is 12.9. The van der Waals surface area contributed by atoms with Gasteiger partial charge in [0.05, 0.1) is 6.61 Å². The topological polar surface area (TPSA) is 69.2 Å². The lowest BCUT2D eigenvalue weighted by molar-refractivity contribution is 0.185. The van der Waals surface area contributed by atoms with Crippen LogP contribution < -0.4 is 4.90 Å².